The second kappa shape index (κ2) is 4.71. The maximum atomic E-state index is 10.0. The summed E-state index contributed by atoms with van der Waals surface area (Å²) < 4.78 is 2.43. The van der Waals surface area contributed by atoms with Crippen molar-refractivity contribution >= 4 is 10.9 Å². The normalized spacial score (nSPS) is 36.7. The Balaban J connectivity index is 1.72. The van der Waals surface area contributed by atoms with Crippen molar-refractivity contribution in [2.75, 3.05) is 13.2 Å². The van der Waals surface area contributed by atoms with E-state index in [-0.39, 0.29) is 0 Å². The maximum Gasteiger partial charge on any atom is 0.0515 e. The van der Waals surface area contributed by atoms with Gasteiger partial charge in [-0.3, -0.25) is 4.90 Å². The fourth-order valence-electron chi connectivity index (χ4n) is 5.71. The number of hydrogen-bond acceptors (Lipinski definition) is 2. The van der Waals surface area contributed by atoms with Gasteiger partial charge in [-0.15, -0.1) is 0 Å². The molecule has 23 heavy (non-hydrogen) atoms. The van der Waals surface area contributed by atoms with Gasteiger partial charge in [0.25, 0.3) is 0 Å². The van der Waals surface area contributed by atoms with Gasteiger partial charge in [0.1, 0.15) is 0 Å². The van der Waals surface area contributed by atoms with E-state index in [9.17, 15) is 5.11 Å². The van der Waals surface area contributed by atoms with Crippen LogP contribution in [-0.4, -0.2) is 33.8 Å². The Kier molecular flexibility index (Phi) is 2.83. The van der Waals surface area contributed by atoms with Crippen molar-refractivity contribution in [2.24, 2.45) is 18.9 Å². The largest absolute Gasteiger partial charge is 0.396 e. The topological polar surface area (TPSA) is 28.4 Å². The number of para-hydroxylation sites is 1. The highest BCUT2D eigenvalue weighted by atomic mass is 16.3. The maximum absolute atomic E-state index is 10.0. The van der Waals surface area contributed by atoms with Crippen molar-refractivity contribution in [1.29, 1.82) is 0 Å². The van der Waals surface area contributed by atoms with Gasteiger partial charge in [0, 0.05) is 48.8 Å². The van der Waals surface area contributed by atoms with Crippen LogP contribution in [0.3, 0.4) is 0 Å². The van der Waals surface area contributed by atoms with E-state index in [2.05, 4.69) is 53.8 Å². The van der Waals surface area contributed by atoms with Crippen molar-refractivity contribution in [3.05, 3.63) is 47.2 Å². The molecule has 6 rings (SSSR count). The van der Waals surface area contributed by atoms with Gasteiger partial charge >= 0.3 is 0 Å². The highest BCUT2D eigenvalue weighted by molar-refractivity contribution is 5.86. The molecule has 4 aliphatic rings. The summed E-state index contributed by atoms with van der Waals surface area (Å²) in [6.07, 6.45) is 4.54. The molecule has 120 valence electrons. The summed E-state index contributed by atoms with van der Waals surface area (Å²) in [6, 6.07) is 9.84. The standard InChI is InChI=1S/C20H24N2O/c1-3-12-10-22-18-9-15-13-6-4-5-7-17(13)21(2)20(15)19(22)8-14(12)16(18)11-23/h3-7,14,16,18-19,23H,8-11H2,1-2H3/b12-3-/t14-,16?,18?,19-/m0/s1. The molecule has 3 heteroatoms. The zero-order valence-corrected chi connectivity index (χ0v) is 13.9. The number of hydrogen-bond donors (Lipinski definition) is 1. The average Bonchev–Trinajstić information content (AvgIpc) is 2.87. The molecule has 0 spiro atoms. The molecule has 0 saturated carbocycles. The first-order chi connectivity index (χ1) is 11.2. The number of aryl methyl sites for hydroxylation is 1. The van der Waals surface area contributed by atoms with Crippen LogP contribution in [0, 0.1) is 11.8 Å². The SMILES string of the molecule is C/C=C1/CN2C3Cc4c(n(C)c5ccccc45)[C@@H]2C[C@@H]1C3CO. The molecule has 5 heterocycles. The Morgan fingerprint density at radius 3 is 2.91 bits per heavy atom. The molecule has 3 fully saturated rings. The lowest BCUT2D eigenvalue weighted by Crippen LogP contribution is -2.61. The summed E-state index contributed by atoms with van der Waals surface area (Å²) in [4.78, 5) is 2.68. The molecule has 3 nitrogen and oxygen atoms in total. The van der Waals surface area contributed by atoms with E-state index in [0.29, 0.717) is 30.5 Å². The van der Waals surface area contributed by atoms with Gasteiger partial charge < -0.3 is 9.67 Å². The predicted molar refractivity (Wildman–Crippen MR) is 92.3 cm³/mol. The lowest BCUT2D eigenvalue weighted by Gasteiger charge is -2.58. The first-order valence-electron chi connectivity index (χ1n) is 8.82. The predicted octanol–water partition coefficient (Wildman–Crippen LogP) is 3.03. The monoisotopic (exact) mass is 308 g/mol. The minimum Gasteiger partial charge on any atom is -0.396 e. The Morgan fingerprint density at radius 1 is 1.30 bits per heavy atom. The minimum atomic E-state index is 0.315. The first-order valence-corrected chi connectivity index (χ1v) is 8.82. The summed E-state index contributed by atoms with van der Waals surface area (Å²) >= 11 is 0. The Morgan fingerprint density at radius 2 is 2.13 bits per heavy atom. The van der Waals surface area contributed by atoms with E-state index in [1.54, 1.807) is 5.57 Å². The number of fused-ring (bicyclic) bond motifs is 4. The molecular weight excluding hydrogens is 284 g/mol. The van der Waals surface area contributed by atoms with Gasteiger partial charge in [0.15, 0.2) is 0 Å². The van der Waals surface area contributed by atoms with Crippen LogP contribution in [0.1, 0.15) is 30.6 Å². The molecule has 1 aromatic heterocycles. The van der Waals surface area contributed by atoms with Crippen molar-refractivity contribution < 1.29 is 5.11 Å². The molecule has 1 aromatic carbocycles. The van der Waals surface area contributed by atoms with Gasteiger partial charge in [-0.25, -0.2) is 0 Å². The van der Waals surface area contributed by atoms with Crippen molar-refractivity contribution in [1.82, 2.24) is 9.47 Å². The lowest BCUT2D eigenvalue weighted by molar-refractivity contribution is -0.0513. The van der Waals surface area contributed by atoms with E-state index in [4.69, 9.17) is 0 Å². The fraction of sp³-hybridized carbons (Fsp3) is 0.500. The molecular formula is C20H24N2O. The quantitative estimate of drug-likeness (QED) is 0.820. The Labute approximate surface area is 137 Å². The third-order valence-electron chi connectivity index (χ3n) is 6.73. The zero-order valence-electron chi connectivity index (χ0n) is 13.9. The van der Waals surface area contributed by atoms with E-state index >= 15 is 0 Å². The number of allylic oxidation sites excluding steroid dienone is 1. The van der Waals surface area contributed by atoms with E-state index in [0.717, 1.165) is 13.0 Å². The smallest absolute Gasteiger partial charge is 0.0515 e. The van der Waals surface area contributed by atoms with Crippen molar-refractivity contribution in [3.8, 4) is 0 Å². The van der Waals surface area contributed by atoms with Crippen LogP contribution in [0.4, 0.5) is 0 Å². The molecule has 0 radical (unpaired) electrons. The Bertz CT molecular complexity index is 818. The van der Waals surface area contributed by atoms with Crippen LogP contribution in [0.2, 0.25) is 0 Å². The third kappa shape index (κ3) is 1.62. The van der Waals surface area contributed by atoms with Crippen molar-refractivity contribution in [2.45, 2.75) is 31.8 Å². The number of nitrogens with zero attached hydrogens (tertiary/aromatic N) is 2. The molecule has 3 saturated heterocycles. The molecule has 4 bridgehead atoms. The number of piperidine rings is 3. The summed E-state index contributed by atoms with van der Waals surface area (Å²) in [6.45, 7) is 3.56. The van der Waals surface area contributed by atoms with Gasteiger partial charge in [-0.1, -0.05) is 29.8 Å². The number of rotatable bonds is 1. The second-order valence-corrected chi connectivity index (χ2v) is 7.45. The third-order valence-corrected chi connectivity index (χ3v) is 6.73. The fourth-order valence-corrected chi connectivity index (χ4v) is 5.71. The van der Waals surface area contributed by atoms with Crippen LogP contribution >= 0.6 is 0 Å². The molecule has 0 amide bonds. The van der Waals surface area contributed by atoms with E-state index in [1.807, 2.05) is 0 Å². The zero-order chi connectivity index (χ0) is 15.7. The van der Waals surface area contributed by atoms with Crippen LogP contribution in [0.25, 0.3) is 10.9 Å². The molecule has 3 unspecified atom stereocenters. The van der Waals surface area contributed by atoms with Crippen LogP contribution in [0.5, 0.6) is 0 Å². The lowest BCUT2D eigenvalue weighted by atomic mass is 9.64. The number of aliphatic hydroxyl groups excluding tert-OH is 1. The van der Waals surface area contributed by atoms with Gasteiger partial charge in [0.05, 0.1) is 6.04 Å². The van der Waals surface area contributed by atoms with E-state index in [1.165, 1.54) is 28.6 Å². The van der Waals surface area contributed by atoms with Crippen molar-refractivity contribution in [3.63, 3.8) is 0 Å². The Hall–Kier alpha value is -1.58. The second-order valence-electron chi connectivity index (χ2n) is 7.45. The number of aliphatic hydroxyl groups is 1. The van der Waals surface area contributed by atoms with Crippen LogP contribution in [-0.2, 0) is 13.5 Å². The highest BCUT2D eigenvalue weighted by Gasteiger charge is 2.52. The highest BCUT2D eigenvalue weighted by Crippen LogP contribution is 2.54. The average molecular weight is 308 g/mol. The van der Waals surface area contributed by atoms with Gasteiger partial charge in [0.2, 0.25) is 0 Å². The van der Waals surface area contributed by atoms with Crippen LogP contribution in [0.15, 0.2) is 35.9 Å². The summed E-state index contributed by atoms with van der Waals surface area (Å²) in [5.74, 6) is 0.967. The summed E-state index contributed by atoms with van der Waals surface area (Å²) in [7, 11) is 2.23. The van der Waals surface area contributed by atoms with Crippen LogP contribution < -0.4 is 0 Å². The minimum absolute atomic E-state index is 0.315. The first kappa shape index (κ1) is 13.8. The number of benzene rings is 1. The molecule has 1 N–H and O–H groups in total. The van der Waals surface area contributed by atoms with E-state index < -0.39 is 0 Å². The molecule has 5 atom stereocenters. The molecule has 0 aliphatic carbocycles. The van der Waals surface area contributed by atoms with Gasteiger partial charge in [-0.2, -0.15) is 0 Å². The molecule has 2 aromatic rings. The summed E-state index contributed by atoms with van der Waals surface area (Å²) in [5.41, 5.74) is 5.96. The number of aromatic nitrogens is 1. The molecule has 4 aliphatic heterocycles. The summed E-state index contributed by atoms with van der Waals surface area (Å²) in [5, 5.41) is 11.5. The van der Waals surface area contributed by atoms with Gasteiger partial charge in [-0.05, 0) is 37.3 Å².